The highest BCUT2D eigenvalue weighted by atomic mass is 127. The largest absolute Gasteiger partial charge is 0.478 e. The maximum absolute atomic E-state index is 11.1. The molecule has 0 aromatic heterocycles. The van der Waals surface area contributed by atoms with Gasteiger partial charge in [-0.2, -0.15) is 0 Å². The molecule has 1 amide bonds. The Bertz CT molecular complexity index is 398. The number of anilines is 1. The molecule has 78 valence electrons. The summed E-state index contributed by atoms with van der Waals surface area (Å²) in [5.41, 5.74) is 0.635. The molecule has 0 aliphatic heterocycles. The minimum Gasteiger partial charge on any atom is -0.478 e. The number of carboxylic acids is 1. The minimum absolute atomic E-state index is 0.460. The molecule has 1 aromatic rings. The van der Waals surface area contributed by atoms with Crippen LogP contribution in [-0.2, 0) is 9.59 Å². The molecule has 0 atom stereocenters. The summed E-state index contributed by atoms with van der Waals surface area (Å²) in [6.45, 7) is 0. The topological polar surface area (TPSA) is 66.4 Å². The number of aliphatic carboxylic acids is 1. The standard InChI is InChI=1S/C10H8INO3/c11-7-1-3-8(4-2-7)12-9(13)5-6-10(14)15/h1-6H,(H,12,13)(H,14,15)/b6-5-. The highest BCUT2D eigenvalue weighted by Crippen LogP contribution is 2.10. The van der Waals surface area contributed by atoms with Crippen molar-refractivity contribution in [2.45, 2.75) is 0 Å². The summed E-state index contributed by atoms with van der Waals surface area (Å²) in [4.78, 5) is 21.3. The van der Waals surface area contributed by atoms with Gasteiger partial charge in [-0.05, 0) is 46.9 Å². The SMILES string of the molecule is O=C(O)/C=C\C(=O)Nc1ccc(I)cc1. The number of nitrogens with one attached hydrogen (secondary N) is 1. The quantitative estimate of drug-likeness (QED) is 0.661. The third kappa shape index (κ3) is 4.59. The highest BCUT2D eigenvalue weighted by molar-refractivity contribution is 14.1. The molecular formula is C10H8INO3. The van der Waals surface area contributed by atoms with Gasteiger partial charge in [-0.15, -0.1) is 0 Å². The number of carboxylic acid groups (broad SMARTS) is 1. The second kappa shape index (κ2) is 5.50. The molecule has 1 aromatic carbocycles. The molecular weight excluding hydrogens is 309 g/mol. The lowest BCUT2D eigenvalue weighted by Crippen LogP contribution is -2.08. The summed E-state index contributed by atoms with van der Waals surface area (Å²) in [6.07, 6.45) is 1.77. The van der Waals surface area contributed by atoms with Gasteiger partial charge in [0.15, 0.2) is 0 Å². The summed E-state index contributed by atoms with van der Waals surface area (Å²) >= 11 is 2.15. The molecule has 0 aliphatic rings. The summed E-state index contributed by atoms with van der Waals surface area (Å²) in [5, 5.41) is 10.8. The first-order chi connectivity index (χ1) is 7.08. The predicted octanol–water partition coefficient (Wildman–Crippen LogP) is 1.87. The van der Waals surface area contributed by atoms with Crippen LogP contribution in [0.5, 0.6) is 0 Å². The number of amides is 1. The molecule has 0 heterocycles. The first-order valence-corrected chi connectivity index (χ1v) is 5.13. The maximum atomic E-state index is 11.1. The molecule has 1 rings (SSSR count). The number of halogens is 1. The van der Waals surface area contributed by atoms with Gasteiger partial charge in [-0.25, -0.2) is 4.79 Å². The van der Waals surface area contributed by atoms with Crippen molar-refractivity contribution >= 4 is 40.2 Å². The lowest BCUT2D eigenvalue weighted by Gasteiger charge is -2.00. The van der Waals surface area contributed by atoms with Gasteiger partial charge in [-0.1, -0.05) is 0 Å². The van der Waals surface area contributed by atoms with Crippen LogP contribution >= 0.6 is 22.6 Å². The molecule has 15 heavy (non-hydrogen) atoms. The number of benzene rings is 1. The van der Waals surface area contributed by atoms with Crippen LogP contribution in [-0.4, -0.2) is 17.0 Å². The third-order valence-electron chi connectivity index (χ3n) is 1.49. The van der Waals surface area contributed by atoms with Gasteiger partial charge in [0.25, 0.3) is 0 Å². The van der Waals surface area contributed by atoms with Crippen LogP contribution in [0.25, 0.3) is 0 Å². The molecule has 0 fully saturated rings. The molecule has 0 bridgehead atoms. The van der Waals surface area contributed by atoms with Gasteiger partial charge in [-0.3, -0.25) is 4.79 Å². The van der Waals surface area contributed by atoms with E-state index in [1.165, 1.54) is 0 Å². The van der Waals surface area contributed by atoms with E-state index in [-0.39, 0.29) is 0 Å². The van der Waals surface area contributed by atoms with Gasteiger partial charge in [0.1, 0.15) is 0 Å². The number of hydrogen-bond donors (Lipinski definition) is 2. The van der Waals surface area contributed by atoms with Crippen LogP contribution < -0.4 is 5.32 Å². The molecule has 5 heteroatoms. The average molecular weight is 317 g/mol. The van der Waals surface area contributed by atoms with Gasteiger partial charge in [0.05, 0.1) is 0 Å². The van der Waals surface area contributed by atoms with Crippen molar-refractivity contribution < 1.29 is 14.7 Å². The van der Waals surface area contributed by atoms with Gasteiger partial charge >= 0.3 is 5.97 Å². The summed E-state index contributed by atoms with van der Waals surface area (Å²) in [6, 6.07) is 7.18. The monoisotopic (exact) mass is 317 g/mol. The van der Waals surface area contributed by atoms with Crippen LogP contribution in [0.3, 0.4) is 0 Å². The Morgan fingerprint density at radius 3 is 2.33 bits per heavy atom. The Kier molecular flexibility index (Phi) is 4.29. The molecule has 0 spiro atoms. The molecule has 0 unspecified atom stereocenters. The molecule has 4 nitrogen and oxygen atoms in total. The fourth-order valence-corrected chi connectivity index (χ4v) is 1.22. The van der Waals surface area contributed by atoms with E-state index in [2.05, 4.69) is 27.9 Å². The lowest BCUT2D eigenvalue weighted by molar-refractivity contribution is -0.131. The van der Waals surface area contributed by atoms with E-state index in [1.54, 1.807) is 12.1 Å². The van der Waals surface area contributed by atoms with E-state index < -0.39 is 11.9 Å². The smallest absolute Gasteiger partial charge is 0.328 e. The van der Waals surface area contributed by atoms with E-state index in [4.69, 9.17) is 5.11 Å². The zero-order chi connectivity index (χ0) is 11.3. The maximum Gasteiger partial charge on any atom is 0.328 e. The fraction of sp³-hybridized carbons (Fsp3) is 0. The van der Waals surface area contributed by atoms with Gasteiger partial charge < -0.3 is 10.4 Å². The normalized spacial score (nSPS) is 10.2. The second-order valence-corrected chi connectivity index (χ2v) is 3.91. The highest BCUT2D eigenvalue weighted by Gasteiger charge is 1.98. The van der Waals surface area contributed by atoms with E-state index in [9.17, 15) is 9.59 Å². The van der Waals surface area contributed by atoms with Crippen molar-refractivity contribution in [1.82, 2.24) is 0 Å². The number of carbonyl (C=O) groups excluding carboxylic acids is 1. The Morgan fingerprint density at radius 1 is 1.20 bits per heavy atom. The van der Waals surface area contributed by atoms with Crippen molar-refractivity contribution in [3.8, 4) is 0 Å². The van der Waals surface area contributed by atoms with E-state index in [0.717, 1.165) is 15.7 Å². The summed E-state index contributed by atoms with van der Waals surface area (Å²) in [7, 11) is 0. The first kappa shape index (κ1) is 11.7. The van der Waals surface area contributed by atoms with Crippen molar-refractivity contribution in [2.24, 2.45) is 0 Å². The van der Waals surface area contributed by atoms with Crippen LogP contribution in [0, 0.1) is 3.57 Å². The molecule has 2 N–H and O–H groups in total. The van der Waals surface area contributed by atoms with Crippen molar-refractivity contribution in [1.29, 1.82) is 0 Å². The fourth-order valence-electron chi connectivity index (χ4n) is 0.864. The van der Waals surface area contributed by atoms with Crippen molar-refractivity contribution in [2.75, 3.05) is 5.32 Å². The van der Waals surface area contributed by atoms with Crippen molar-refractivity contribution in [3.63, 3.8) is 0 Å². The third-order valence-corrected chi connectivity index (χ3v) is 2.21. The van der Waals surface area contributed by atoms with E-state index in [1.807, 2.05) is 12.1 Å². The zero-order valence-corrected chi connectivity index (χ0v) is 9.76. The van der Waals surface area contributed by atoms with E-state index >= 15 is 0 Å². The lowest BCUT2D eigenvalue weighted by atomic mass is 10.3. The van der Waals surface area contributed by atoms with Crippen molar-refractivity contribution in [3.05, 3.63) is 40.0 Å². The zero-order valence-electron chi connectivity index (χ0n) is 7.61. The minimum atomic E-state index is -1.15. The summed E-state index contributed by atoms with van der Waals surface area (Å²) in [5.74, 6) is -1.61. The number of carbonyl (C=O) groups is 2. The molecule has 0 aliphatic carbocycles. The van der Waals surface area contributed by atoms with Gasteiger partial charge in [0.2, 0.25) is 5.91 Å². The Hall–Kier alpha value is -1.37. The van der Waals surface area contributed by atoms with Crippen LogP contribution in [0.1, 0.15) is 0 Å². The van der Waals surface area contributed by atoms with E-state index in [0.29, 0.717) is 5.69 Å². The average Bonchev–Trinajstić information content (AvgIpc) is 2.19. The summed E-state index contributed by atoms with van der Waals surface area (Å²) < 4.78 is 1.06. The van der Waals surface area contributed by atoms with Crippen LogP contribution in [0.2, 0.25) is 0 Å². The Morgan fingerprint density at radius 2 is 1.80 bits per heavy atom. The number of rotatable bonds is 3. The van der Waals surface area contributed by atoms with Crippen LogP contribution in [0.4, 0.5) is 5.69 Å². The Balaban J connectivity index is 2.59. The first-order valence-electron chi connectivity index (χ1n) is 4.05. The molecule has 0 saturated heterocycles. The molecule has 0 saturated carbocycles. The Labute approximate surface area is 100 Å². The van der Waals surface area contributed by atoms with Crippen LogP contribution in [0.15, 0.2) is 36.4 Å². The van der Waals surface area contributed by atoms with Gasteiger partial charge in [0, 0.05) is 21.4 Å². The predicted molar refractivity (Wildman–Crippen MR) is 64.6 cm³/mol. The molecule has 0 radical (unpaired) electrons. The second-order valence-electron chi connectivity index (χ2n) is 2.67. The number of hydrogen-bond acceptors (Lipinski definition) is 2.